The Morgan fingerprint density at radius 2 is 2.10 bits per heavy atom. The van der Waals surface area contributed by atoms with Gasteiger partial charge < -0.3 is 20.5 Å². The molecule has 1 aromatic carbocycles. The summed E-state index contributed by atoms with van der Waals surface area (Å²) in [5.41, 5.74) is 8.63. The number of carboxylic acid groups (broad SMARTS) is 1. The summed E-state index contributed by atoms with van der Waals surface area (Å²) in [6.45, 7) is 0.360. The van der Waals surface area contributed by atoms with Crippen molar-refractivity contribution in [1.82, 2.24) is 30.7 Å². The van der Waals surface area contributed by atoms with Crippen LogP contribution in [0.2, 0.25) is 0 Å². The van der Waals surface area contributed by atoms with Gasteiger partial charge in [-0.3, -0.25) is 4.79 Å². The second kappa shape index (κ2) is 8.26. The molecular formula is C16H17N9O4. The van der Waals surface area contributed by atoms with Crippen LogP contribution in [0.5, 0.6) is 0 Å². The lowest BCUT2D eigenvalue weighted by Gasteiger charge is -2.09. The van der Waals surface area contributed by atoms with Crippen LogP contribution in [0.25, 0.3) is 5.82 Å². The predicted molar refractivity (Wildman–Crippen MR) is 96.0 cm³/mol. The lowest BCUT2D eigenvalue weighted by atomic mass is 10.1. The van der Waals surface area contributed by atoms with E-state index in [1.54, 1.807) is 12.1 Å². The molecule has 0 radical (unpaired) electrons. The third-order valence-corrected chi connectivity index (χ3v) is 3.75. The van der Waals surface area contributed by atoms with Crippen LogP contribution < -0.4 is 21.2 Å². The highest BCUT2D eigenvalue weighted by Gasteiger charge is 2.25. The highest BCUT2D eigenvalue weighted by Crippen LogP contribution is 2.15. The van der Waals surface area contributed by atoms with Gasteiger partial charge in [-0.2, -0.15) is 9.78 Å². The Bertz CT molecular complexity index is 1070. The zero-order chi connectivity index (χ0) is 21.0. The number of anilines is 1. The fraction of sp³-hybridized carbons (Fsp3) is 0.188. The minimum absolute atomic E-state index is 0.000985. The molecule has 2 heterocycles. The third-order valence-electron chi connectivity index (χ3n) is 3.75. The number of carboxylic acids is 1. The number of nitrogen functional groups attached to an aromatic ring is 1. The lowest BCUT2D eigenvalue weighted by molar-refractivity contribution is -0.873. The molecule has 2 aromatic heterocycles. The average Bonchev–Trinajstić information content (AvgIpc) is 3.27. The SMILES string of the molecule is C[NH+](C)Cc1c(C(=O)N/N=C/c2ccccc2C(=O)[O-])nnn1-c1nonc1N. The minimum atomic E-state index is -1.35. The highest BCUT2D eigenvalue weighted by molar-refractivity contribution is 5.98. The summed E-state index contributed by atoms with van der Waals surface area (Å²) in [5.74, 6) is -1.89. The summed E-state index contributed by atoms with van der Waals surface area (Å²) >= 11 is 0. The summed E-state index contributed by atoms with van der Waals surface area (Å²) in [6.07, 6.45) is 1.20. The largest absolute Gasteiger partial charge is 0.545 e. The number of benzene rings is 1. The molecule has 13 heteroatoms. The summed E-state index contributed by atoms with van der Waals surface area (Å²) in [6, 6.07) is 6.09. The number of nitrogens with two attached hydrogens (primary N) is 1. The first-order chi connectivity index (χ1) is 13.9. The summed E-state index contributed by atoms with van der Waals surface area (Å²) in [5, 5.41) is 29.9. The molecule has 1 amide bonds. The monoisotopic (exact) mass is 399 g/mol. The first-order valence-corrected chi connectivity index (χ1v) is 8.34. The number of amides is 1. The van der Waals surface area contributed by atoms with E-state index in [4.69, 9.17) is 5.73 Å². The number of rotatable bonds is 7. The molecule has 13 nitrogen and oxygen atoms in total. The number of aromatic carboxylic acids is 1. The van der Waals surface area contributed by atoms with Gasteiger partial charge in [0.1, 0.15) is 12.2 Å². The van der Waals surface area contributed by atoms with Crippen molar-refractivity contribution in [3.63, 3.8) is 0 Å². The van der Waals surface area contributed by atoms with Crippen LogP contribution in [-0.2, 0) is 6.54 Å². The fourth-order valence-corrected chi connectivity index (χ4v) is 2.49. The van der Waals surface area contributed by atoms with Gasteiger partial charge in [0.05, 0.1) is 26.3 Å². The van der Waals surface area contributed by atoms with Gasteiger partial charge in [0.25, 0.3) is 5.91 Å². The van der Waals surface area contributed by atoms with Gasteiger partial charge in [-0.05, 0) is 10.3 Å². The molecule has 0 atom stereocenters. The van der Waals surface area contributed by atoms with E-state index in [9.17, 15) is 14.7 Å². The molecule has 4 N–H and O–H groups in total. The van der Waals surface area contributed by atoms with E-state index < -0.39 is 11.9 Å². The predicted octanol–water partition coefficient (Wildman–Crippen LogP) is -3.00. The van der Waals surface area contributed by atoms with Gasteiger partial charge in [0, 0.05) is 11.1 Å². The van der Waals surface area contributed by atoms with E-state index >= 15 is 0 Å². The molecule has 29 heavy (non-hydrogen) atoms. The maximum atomic E-state index is 12.6. The van der Waals surface area contributed by atoms with Crippen molar-refractivity contribution in [1.29, 1.82) is 0 Å². The number of aromatic nitrogens is 5. The van der Waals surface area contributed by atoms with Gasteiger partial charge in [-0.15, -0.1) is 5.10 Å². The molecule has 0 aliphatic rings. The van der Waals surface area contributed by atoms with E-state index in [0.717, 1.165) is 4.90 Å². The van der Waals surface area contributed by atoms with E-state index in [1.165, 1.54) is 23.0 Å². The maximum absolute atomic E-state index is 12.6. The number of hydrogen-bond donors (Lipinski definition) is 3. The Hall–Kier alpha value is -4.13. The van der Waals surface area contributed by atoms with E-state index in [0.29, 0.717) is 12.2 Å². The van der Waals surface area contributed by atoms with Crippen LogP contribution in [0.1, 0.15) is 32.1 Å². The molecular weight excluding hydrogens is 382 g/mol. The van der Waals surface area contributed by atoms with Gasteiger partial charge >= 0.3 is 0 Å². The van der Waals surface area contributed by atoms with Crippen molar-refractivity contribution in [2.45, 2.75) is 6.54 Å². The van der Waals surface area contributed by atoms with E-state index in [2.05, 4.69) is 35.8 Å². The van der Waals surface area contributed by atoms with Crippen LogP contribution in [0.4, 0.5) is 5.82 Å². The second-order valence-electron chi connectivity index (χ2n) is 6.23. The molecule has 0 aliphatic heterocycles. The Morgan fingerprint density at radius 3 is 2.76 bits per heavy atom. The van der Waals surface area contributed by atoms with Crippen LogP contribution in [-0.4, -0.2) is 57.5 Å². The molecule has 150 valence electrons. The molecule has 3 aromatic rings. The maximum Gasteiger partial charge on any atom is 0.294 e. The first kappa shape index (κ1) is 19.6. The van der Waals surface area contributed by atoms with Crippen molar-refractivity contribution in [3.05, 3.63) is 46.8 Å². The summed E-state index contributed by atoms with van der Waals surface area (Å²) in [7, 11) is 3.75. The summed E-state index contributed by atoms with van der Waals surface area (Å²) in [4.78, 5) is 24.6. The zero-order valence-electron chi connectivity index (χ0n) is 15.5. The Kier molecular flexibility index (Phi) is 5.59. The number of hydrazone groups is 1. The number of carbonyl (C=O) groups excluding carboxylic acids is 2. The highest BCUT2D eigenvalue weighted by atomic mass is 16.6. The quantitative estimate of drug-likeness (QED) is 0.275. The number of carbonyl (C=O) groups is 2. The second-order valence-corrected chi connectivity index (χ2v) is 6.23. The van der Waals surface area contributed by atoms with Crippen LogP contribution in [0.3, 0.4) is 0 Å². The molecule has 3 rings (SSSR count). The summed E-state index contributed by atoms with van der Waals surface area (Å²) < 4.78 is 5.84. The molecule has 0 bridgehead atoms. The van der Waals surface area contributed by atoms with Crippen molar-refractivity contribution in [2.75, 3.05) is 19.8 Å². The molecule has 0 saturated carbocycles. The molecule has 0 unspecified atom stereocenters. The van der Waals surface area contributed by atoms with Gasteiger partial charge in [-0.25, -0.2) is 10.1 Å². The van der Waals surface area contributed by atoms with E-state index in [1.807, 2.05) is 14.1 Å². The molecule has 0 saturated heterocycles. The Labute approximate surface area is 163 Å². The van der Waals surface area contributed by atoms with Crippen molar-refractivity contribution in [3.8, 4) is 5.82 Å². The van der Waals surface area contributed by atoms with Crippen molar-refractivity contribution >= 4 is 23.9 Å². The van der Waals surface area contributed by atoms with E-state index in [-0.39, 0.29) is 28.5 Å². The van der Waals surface area contributed by atoms with Crippen LogP contribution >= 0.6 is 0 Å². The molecule has 0 fully saturated rings. The lowest BCUT2D eigenvalue weighted by Crippen LogP contribution is -3.04. The third kappa shape index (κ3) is 4.24. The topological polar surface area (TPSA) is 182 Å². The number of quaternary nitrogens is 1. The fourth-order valence-electron chi connectivity index (χ4n) is 2.49. The standard InChI is InChI=1S/C16H17N9O4/c1-24(2)8-11-12(19-23-25(11)14-13(17)21-29-22-14)15(26)20-18-7-9-5-3-4-6-10(9)16(27)28/h3-7H,8H2,1-2H3,(H2,17,21)(H,20,26)(H,27,28)/b18-7+. The van der Waals surface area contributed by atoms with Crippen molar-refractivity contribution < 1.29 is 24.2 Å². The minimum Gasteiger partial charge on any atom is -0.545 e. The average molecular weight is 399 g/mol. The Morgan fingerprint density at radius 1 is 1.34 bits per heavy atom. The number of hydrogen-bond acceptors (Lipinski definition) is 10. The molecule has 0 spiro atoms. The zero-order valence-corrected chi connectivity index (χ0v) is 15.5. The molecule has 0 aliphatic carbocycles. The smallest absolute Gasteiger partial charge is 0.294 e. The van der Waals surface area contributed by atoms with Crippen LogP contribution in [0.15, 0.2) is 34.0 Å². The Balaban J connectivity index is 1.85. The van der Waals surface area contributed by atoms with Crippen LogP contribution in [0, 0.1) is 0 Å². The normalized spacial score (nSPS) is 11.3. The van der Waals surface area contributed by atoms with Gasteiger partial charge in [0.2, 0.25) is 11.6 Å². The first-order valence-electron chi connectivity index (χ1n) is 8.34. The number of nitrogens with zero attached hydrogens (tertiary/aromatic N) is 6. The van der Waals surface area contributed by atoms with Gasteiger partial charge in [-0.1, -0.05) is 29.5 Å². The number of nitrogens with one attached hydrogen (secondary N) is 2. The van der Waals surface area contributed by atoms with Crippen molar-refractivity contribution in [2.24, 2.45) is 5.10 Å². The van der Waals surface area contributed by atoms with Gasteiger partial charge in [0.15, 0.2) is 5.69 Å².